The molecule has 5 rings (SSSR count). The average molecular weight is 435 g/mol. The third kappa shape index (κ3) is 3.32. The van der Waals surface area contributed by atoms with E-state index in [1.54, 1.807) is 12.1 Å². The van der Waals surface area contributed by atoms with Crippen LogP contribution < -0.4 is 5.56 Å². The molecule has 0 aliphatic carbocycles. The molecule has 0 saturated heterocycles. The molecule has 2 aromatic carbocycles. The minimum Gasteiger partial charge on any atom is -0.337 e. The molecule has 0 amide bonds. The minimum absolute atomic E-state index is 0.123. The van der Waals surface area contributed by atoms with Crippen molar-refractivity contribution in [2.75, 3.05) is 0 Å². The summed E-state index contributed by atoms with van der Waals surface area (Å²) >= 11 is 7.44. The molecule has 3 heterocycles. The Bertz CT molecular complexity index is 1410. The lowest BCUT2D eigenvalue weighted by atomic mass is 10.1. The highest BCUT2D eigenvalue weighted by molar-refractivity contribution is 7.22. The fourth-order valence-electron chi connectivity index (χ4n) is 3.32. The maximum atomic E-state index is 13.1. The van der Waals surface area contributed by atoms with Crippen molar-refractivity contribution in [3.63, 3.8) is 0 Å². The largest absolute Gasteiger partial charge is 0.337 e. The zero-order chi connectivity index (χ0) is 20.7. The summed E-state index contributed by atoms with van der Waals surface area (Å²) in [6.45, 7) is 2.11. The molecule has 5 aromatic rings. The Morgan fingerprint density at radius 3 is 2.60 bits per heavy atom. The molecule has 0 unspecified atom stereocenters. The van der Waals surface area contributed by atoms with Gasteiger partial charge in [-0.15, -0.1) is 11.3 Å². The Labute approximate surface area is 180 Å². The molecule has 0 spiro atoms. The molecular formula is C22H15ClN4O2S. The van der Waals surface area contributed by atoms with Crippen LogP contribution in [0, 0.1) is 6.92 Å². The Morgan fingerprint density at radius 2 is 1.83 bits per heavy atom. The van der Waals surface area contributed by atoms with Crippen molar-refractivity contribution < 1.29 is 4.52 Å². The number of halogens is 1. The van der Waals surface area contributed by atoms with E-state index in [2.05, 4.69) is 15.1 Å². The molecule has 0 atom stereocenters. The number of thiophene rings is 1. The molecule has 0 aliphatic rings. The number of rotatable bonds is 4. The van der Waals surface area contributed by atoms with Gasteiger partial charge in [0.25, 0.3) is 5.56 Å². The molecule has 148 valence electrons. The zero-order valence-electron chi connectivity index (χ0n) is 15.9. The maximum Gasteiger partial charge on any atom is 0.262 e. The van der Waals surface area contributed by atoms with Gasteiger partial charge >= 0.3 is 0 Å². The maximum absolute atomic E-state index is 13.1. The highest BCUT2D eigenvalue weighted by Crippen LogP contribution is 2.35. The number of fused-ring (bicyclic) bond motifs is 1. The van der Waals surface area contributed by atoms with E-state index in [1.807, 2.05) is 49.4 Å². The van der Waals surface area contributed by atoms with Gasteiger partial charge in [-0.25, -0.2) is 4.98 Å². The van der Waals surface area contributed by atoms with Gasteiger partial charge in [0.15, 0.2) is 0 Å². The highest BCUT2D eigenvalue weighted by Gasteiger charge is 2.17. The Morgan fingerprint density at radius 1 is 1.07 bits per heavy atom. The topological polar surface area (TPSA) is 73.8 Å². The first-order valence-corrected chi connectivity index (χ1v) is 10.4. The Balaban J connectivity index is 1.50. The number of aromatic nitrogens is 4. The van der Waals surface area contributed by atoms with Crippen LogP contribution in [0.1, 0.15) is 11.5 Å². The van der Waals surface area contributed by atoms with Crippen LogP contribution in [0.3, 0.4) is 0 Å². The van der Waals surface area contributed by atoms with E-state index in [0.717, 1.165) is 26.4 Å². The van der Waals surface area contributed by atoms with Crippen LogP contribution in [0.25, 0.3) is 32.0 Å². The van der Waals surface area contributed by atoms with E-state index in [4.69, 9.17) is 16.1 Å². The second kappa shape index (κ2) is 7.51. The molecule has 30 heavy (non-hydrogen) atoms. The van der Waals surface area contributed by atoms with Crippen molar-refractivity contribution in [3.05, 3.63) is 87.8 Å². The predicted molar refractivity (Wildman–Crippen MR) is 118 cm³/mol. The number of aryl methyl sites for hydroxylation is 1. The van der Waals surface area contributed by atoms with Gasteiger partial charge in [-0.2, -0.15) is 4.98 Å². The van der Waals surface area contributed by atoms with Crippen molar-refractivity contribution in [1.82, 2.24) is 19.7 Å². The van der Waals surface area contributed by atoms with Crippen LogP contribution in [0.2, 0.25) is 5.02 Å². The number of nitrogens with zero attached hydrogens (tertiary/aromatic N) is 4. The Kier molecular flexibility index (Phi) is 4.69. The summed E-state index contributed by atoms with van der Waals surface area (Å²) in [7, 11) is 0. The van der Waals surface area contributed by atoms with Crippen molar-refractivity contribution in [2.24, 2.45) is 0 Å². The lowest BCUT2D eigenvalue weighted by Gasteiger charge is -2.02. The van der Waals surface area contributed by atoms with Crippen molar-refractivity contribution in [3.8, 4) is 21.8 Å². The summed E-state index contributed by atoms with van der Waals surface area (Å²) in [6.07, 6.45) is 1.53. The third-order valence-corrected chi connectivity index (χ3v) is 6.33. The summed E-state index contributed by atoms with van der Waals surface area (Å²) in [5.74, 6) is 0.779. The van der Waals surface area contributed by atoms with Gasteiger partial charge in [0.05, 0.1) is 11.7 Å². The summed E-state index contributed by atoms with van der Waals surface area (Å²) in [5.41, 5.74) is 2.67. The molecular weight excluding hydrogens is 420 g/mol. The van der Waals surface area contributed by atoms with Crippen molar-refractivity contribution >= 4 is 33.2 Å². The van der Waals surface area contributed by atoms with Crippen LogP contribution in [-0.4, -0.2) is 19.7 Å². The molecule has 0 aliphatic heterocycles. The molecule has 0 saturated carbocycles. The first kappa shape index (κ1) is 18.7. The SMILES string of the molecule is Cc1c(-c2ccccc2)sc2ncn(Cc3nc(-c4ccc(Cl)cc4)no3)c(=O)c12. The summed E-state index contributed by atoms with van der Waals surface area (Å²) in [5, 5.41) is 5.26. The van der Waals surface area contributed by atoms with Crippen LogP contribution in [-0.2, 0) is 6.54 Å². The van der Waals surface area contributed by atoms with E-state index in [0.29, 0.717) is 22.1 Å². The molecule has 0 fully saturated rings. The first-order valence-electron chi connectivity index (χ1n) is 9.22. The van der Waals surface area contributed by atoms with E-state index >= 15 is 0 Å². The van der Waals surface area contributed by atoms with Crippen LogP contribution >= 0.6 is 22.9 Å². The summed E-state index contributed by atoms with van der Waals surface area (Å²) in [4.78, 5) is 23.8. The van der Waals surface area contributed by atoms with Crippen molar-refractivity contribution in [2.45, 2.75) is 13.5 Å². The minimum atomic E-state index is -0.123. The zero-order valence-corrected chi connectivity index (χ0v) is 17.4. The average Bonchev–Trinajstić information content (AvgIpc) is 3.36. The second-order valence-corrected chi connectivity index (χ2v) is 8.23. The van der Waals surface area contributed by atoms with Gasteiger partial charge in [0.1, 0.15) is 11.4 Å². The molecule has 0 N–H and O–H groups in total. The number of benzene rings is 2. The van der Waals surface area contributed by atoms with Gasteiger partial charge in [-0.1, -0.05) is 47.1 Å². The van der Waals surface area contributed by atoms with Crippen molar-refractivity contribution in [1.29, 1.82) is 0 Å². The predicted octanol–water partition coefficient (Wildman–Crippen LogP) is 5.19. The lowest BCUT2D eigenvalue weighted by Crippen LogP contribution is -2.21. The smallest absolute Gasteiger partial charge is 0.262 e. The summed E-state index contributed by atoms with van der Waals surface area (Å²) < 4.78 is 6.84. The van der Waals surface area contributed by atoms with Gasteiger partial charge in [0.2, 0.25) is 11.7 Å². The van der Waals surface area contributed by atoms with Crippen LogP contribution in [0.15, 0.2) is 70.2 Å². The summed E-state index contributed by atoms with van der Waals surface area (Å²) in [6, 6.07) is 17.2. The van der Waals surface area contributed by atoms with Crippen LogP contribution in [0.4, 0.5) is 0 Å². The molecule has 8 heteroatoms. The third-order valence-electron chi connectivity index (χ3n) is 4.83. The van der Waals surface area contributed by atoms with E-state index in [1.165, 1.54) is 22.2 Å². The second-order valence-electron chi connectivity index (χ2n) is 6.80. The monoisotopic (exact) mass is 434 g/mol. The van der Waals surface area contributed by atoms with Gasteiger partial charge in [0, 0.05) is 15.5 Å². The fourth-order valence-corrected chi connectivity index (χ4v) is 4.59. The fraction of sp³-hybridized carbons (Fsp3) is 0.0909. The lowest BCUT2D eigenvalue weighted by molar-refractivity contribution is 0.369. The van der Waals surface area contributed by atoms with Crippen LogP contribution in [0.5, 0.6) is 0 Å². The van der Waals surface area contributed by atoms with E-state index in [9.17, 15) is 4.79 Å². The number of hydrogen-bond acceptors (Lipinski definition) is 6. The first-order chi connectivity index (χ1) is 14.6. The Hall–Kier alpha value is -3.29. The molecule has 6 nitrogen and oxygen atoms in total. The molecule has 3 aromatic heterocycles. The quantitative estimate of drug-likeness (QED) is 0.389. The van der Waals surface area contributed by atoms with Gasteiger partial charge in [-0.05, 0) is 42.3 Å². The normalized spacial score (nSPS) is 11.3. The standard InChI is InChI=1S/C22H15ClN4O2S/c1-13-18-21(30-19(13)14-5-3-2-4-6-14)24-12-27(22(18)28)11-17-25-20(26-29-17)15-7-9-16(23)10-8-15/h2-10,12H,11H2,1H3. The van der Waals surface area contributed by atoms with E-state index < -0.39 is 0 Å². The molecule has 0 radical (unpaired) electrons. The van der Waals surface area contributed by atoms with Gasteiger partial charge < -0.3 is 4.52 Å². The molecule has 0 bridgehead atoms. The highest BCUT2D eigenvalue weighted by atomic mass is 35.5. The number of hydrogen-bond donors (Lipinski definition) is 0. The van der Waals surface area contributed by atoms with E-state index in [-0.39, 0.29) is 12.1 Å². The van der Waals surface area contributed by atoms with Gasteiger partial charge in [-0.3, -0.25) is 9.36 Å².